The molecule has 0 aromatic carbocycles. The molecule has 0 aliphatic carbocycles. The predicted octanol–water partition coefficient (Wildman–Crippen LogP) is 4.55. The number of carboxylic acid groups (broad SMARTS) is 1. The number of thioether (sulfide) groups is 1. The Morgan fingerprint density at radius 3 is 2.56 bits per heavy atom. The van der Waals surface area contributed by atoms with Crippen LogP contribution in [0, 0.1) is 11.3 Å². The zero-order chi connectivity index (χ0) is 18.9. The third-order valence-corrected chi connectivity index (χ3v) is 5.71. The lowest BCUT2D eigenvalue weighted by Gasteiger charge is -2.45. The molecule has 2 rings (SSSR count). The van der Waals surface area contributed by atoms with Gasteiger partial charge in [0.15, 0.2) is 5.50 Å². The van der Waals surface area contributed by atoms with E-state index in [1.54, 1.807) is 0 Å². The highest BCUT2D eigenvalue weighted by Crippen LogP contribution is 2.42. The summed E-state index contributed by atoms with van der Waals surface area (Å²) in [6, 6.07) is -0.314. The normalized spacial score (nSPS) is 23.1. The van der Waals surface area contributed by atoms with Gasteiger partial charge in [-0.15, -0.1) is 0 Å². The van der Waals surface area contributed by atoms with Crippen LogP contribution in [-0.2, 0) is 7.05 Å². The first kappa shape index (κ1) is 19.9. The van der Waals surface area contributed by atoms with Gasteiger partial charge in [0.1, 0.15) is 5.69 Å². The number of hydrogen-bond acceptors (Lipinski definition) is 3. The van der Waals surface area contributed by atoms with Gasteiger partial charge in [0.05, 0.1) is 4.90 Å². The number of aromatic nitrogens is 2. The summed E-state index contributed by atoms with van der Waals surface area (Å²) in [4.78, 5) is 12.9. The number of halogens is 3. The molecule has 1 aromatic rings. The molecular formula is C16H24F3N3O2S. The highest BCUT2D eigenvalue weighted by Gasteiger charge is 2.41. The first-order chi connectivity index (χ1) is 11.5. The summed E-state index contributed by atoms with van der Waals surface area (Å²) in [5, 5.41) is 13.1. The molecule has 0 radical (unpaired) electrons. The molecule has 0 bridgehead atoms. The summed E-state index contributed by atoms with van der Waals surface area (Å²) in [7, 11) is 1.52. The molecule has 3 atom stereocenters. The van der Waals surface area contributed by atoms with Crippen molar-refractivity contribution in [2.75, 3.05) is 6.54 Å². The van der Waals surface area contributed by atoms with Gasteiger partial charge >= 0.3 is 6.09 Å². The molecule has 5 nitrogen and oxygen atoms in total. The average molecular weight is 379 g/mol. The van der Waals surface area contributed by atoms with Gasteiger partial charge in [0.2, 0.25) is 0 Å². The monoisotopic (exact) mass is 379 g/mol. The van der Waals surface area contributed by atoms with Gasteiger partial charge in [-0.2, -0.15) is 5.10 Å². The quantitative estimate of drug-likeness (QED) is 0.780. The van der Waals surface area contributed by atoms with Crippen molar-refractivity contribution in [1.82, 2.24) is 14.7 Å². The fourth-order valence-electron chi connectivity index (χ4n) is 3.22. The zero-order valence-corrected chi connectivity index (χ0v) is 15.6. The van der Waals surface area contributed by atoms with Crippen molar-refractivity contribution < 1.29 is 23.1 Å². The molecule has 1 saturated heterocycles. The van der Waals surface area contributed by atoms with Gasteiger partial charge in [0, 0.05) is 31.7 Å². The van der Waals surface area contributed by atoms with E-state index in [1.807, 2.05) is 20.8 Å². The Hall–Kier alpha value is -1.38. The fraction of sp³-hybridized carbons (Fsp3) is 0.750. The SMILES string of the molecule is Cn1cc(SC(F)C2CCN(C(=O)O)C(C(C)(C)C)C2)c(C(F)F)n1. The summed E-state index contributed by atoms with van der Waals surface area (Å²) in [6.45, 7) is 6.02. The molecular weight excluding hydrogens is 355 g/mol. The Kier molecular flexibility index (Phi) is 5.96. The Balaban J connectivity index is 2.12. The van der Waals surface area contributed by atoms with Crippen LogP contribution in [-0.4, -0.2) is 44.0 Å². The van der Waals surface area contributed by atoms with E-state index in [4.69, 9.17) is 0 Å². The first-order valence-corrected chi connectivity index (χ1v) is 9.00. The Labute approximate surface area is 149 Å². The van der Waals surface area contributed by atoms with E-state index in [9.17, 15) is 23.1 Å². The van der Waals surface area contributed by atoms with Gasteiger partial charge in [-0.25, -0.2) is 18.0 Å². The van der Waals surface area contributed by atoms with Crippen molar-refractivity contribution in [3.05, 3.63) is 11.9 Å². The number of piperidine rings is 1. The third-order valence-electron chi connectivity index (χ3n) is 4.53. The van der Waals surface area contributed by atoms with Crippen LogP contribution in [0.25, 0.3) is 0 Å². The summed E-state index contributed by atoms with van der Waals surface area (Å²) in [5.74, 6) is -0.393. The summed E-state index contributed by atoms with van der Waals surface area (Å²) < 4.78 is 42.1. The second-order valence-electron chi connectivity index (χ2n) is 7.46. The smallest absolute Gasteiger partial charge is 0.407 e. The highest BCUT2D eigenvalue weighted by atomic mass is 32.2. The van der Waals surface area contributed by atoms with Crippen LogP contribution in [0.1, 0.15) is 45.7 Å². The van der Waals surface area contributed by atoms with E-state index in [2.05, 4.69) is 5.10 Å². The molecule has 0 saturated carbocycles. The number of likely N-dealkylation sites (tertiary alicyclic amines) is 1. The lowest BCUT2D eigenvalue weighted by Crippen LogP contribution is -2.52. The molecule has 9 heteroatoms. The number of carbonyl (C=O) groups is 1. The first-order valence-electron chi connectivity index (χ1n) is 8.12. The number of hydrogen-bond donors (Lipinski definition) is 1. The van der Waals surface area contributed by atoms with Crippen LogP contribution in [0.4, 0.5) is 18.0 Å². The molecule has 0 spiro atoms. The number of rotatable bonds is 4. The number of alkyl halides is 3. The highest BCUT2D eigenvalue weighted by molar-refractivity contribution is 7.99. The minimum Gasteiger partial charge on any atom is -0.465 e. The largest absolute Gasteiger partial charge is 0.465 e. The van der Waals surface area contributed by atoms with E-state index in [1.165, 1.54) is 22.8 Å². The fourth-order valence-corrected chi connectivity index (χ4v) is 4.37. The summed E-state index contributed by atoms with van der Waals surface area (Å²) in [5.41, 5.74) is -2.13. The zero-order valence-electron chi connectivity index (χ0n) is 14.7. The molecule has 3 unspecified atom stereocenters. The van der Waals surface area contributed by atoms with Crippen LogP contribution >= 0.6 is 11.8 Å². The standard InChI is InChI=1S/C16H24F3N3O2S/c1-16(2,3)11-7-9(5-6-22(11)15(23)24)14(19)25-10-8-21(4)20-12(10)13(17)18/h8-9,11,13-14H,5-7H2,1-4H3,(H,23,24). The molecule has 1 N–H and O–H groups in total. The van der Waals surface area contributed by atoms with E-state index in [0.717, 1.165) is 11.8 Å². The predicted molar refractivity (Wildman–Crippen MR) is 89.6 cm³/mol. The molecule has 2 heterocycles. The number of amides is 1. The third kappa shape index (κ3) is 4.62. The van der Waals surface area contributed by atoms with Crippen LogP contribution in [0.5, 0.6) is 0 Å². The van der Waals surface area contributed by atoms with Crippen LogP contribution in [0.2, 0.25) is 0 Å². The second-order valence-corrected chi connectivity index (χ2v) is 8.59. The van der Waals surface area contributed by atoms with Gasteiger partial charge in [0.25, 0.3) is 6.43 Å². The van der Waals surface area contributed by atoms with E-state index >= 15 is 0 Å². The van der Waals surface area contributed by atoms with E-state index in [-0.39, 0.29) is 22.9 Å². The maximum atomic E-state index is 14.8. The maximum Gasteiger partial charge on any atom is 0.407 e. The Bertz CT molecular complexity index is 618. The van der Waals surface area contributed by atoms with Gasteiger partial charge in [-0.05, 0) is 18.3 Å². The minimum atomic E-state index is -2.76. The van der Waals surface area contributed by atoms with E-state index in [0.29, 0.717) is 12.8 Å². The van der Waals surface area contributed by atoms with Crippen molar-refractivity contribution >= 4 is 17.9 Å². The summed E-state index contributed by atoms with van der Waals surface area (Å²) >= 11 is 0.752. The molecule has 1 amide bonds. The summed E-state index contributed by atoms with van der Waals surface area (Å²) in [6.07, 6.45) is -1.63. The van der Waals surface area contributed by atoms with Gasteiger partial charge < -0.3 is 10.0 Å². The van der Waals surface area contributed by atoms with Gasteiger partial charge in [-0.1, -0.05) is 32.5 Å². The Morgan fingerprint density at radius 1 is 1.40 bits per heavy atom. The lowest BCUT2D eigenvalue weighted by molar-refractivity contribution is 0.0322. The second kappa shape index (κ2) is 7.47. The maximum absolute atomic E-state index is 14.8. The van der Waals surface area contributed by atoms with Crippen molar-refractivity contribution in [2.45, 2.75) is 56.5 Å². The van der Waals surface area contributed by atoms with Crippen LogP contribution < -0.4 is 0 Å². The number of aryl methyl sites for hydroxylation is 1. The Morgan fingerprint density at radius 2 is 2.04 bits per heavy atom. The molecule has 1 aromatic heterocycles. The average Bonchev–Trinajstić information content (AvgIpc) is 2.86. The lowest BCUT2D eigenvalue weighted by atomic mass is 9.77. The topological polar surface area (TPSA) is 58.4 Å². The molecule has 25 heavy (non-hydrogen) atoms. The van der Waals surface area contributed by atoms with Gasteiger partial charge in [-0.3, -0.25) is 4.68 Å². The molecule has 142 valence electrons. The van der Waals surface area contributed by atoms with Crippen molar-refractivity contribution in [1.29, 1.82) is 0 Å². The van der Waals surface area contributed by atoms with Crippen LogP contribution in [0.3, 0.4) is 0 Å². The van der Waals surface area contributed by atoms with Crippen molar-refractivity contribution in [3.8, 4) is 0 Å². The molecule has 1 aliphatic rings. The molecule has 1 aliphatic heterocycles. The number of nitrogens with zero attached hydrogens (tertiary/aromatic N) is 3. The van der Waals surface area contributed by atoms with E-state index < -0.39 is 29.6 Å². The minimum absolute atomic E-state index is 0.137. The van der Waals surface area contributed by atoms with Crippen molar-refractivity contribution in [3.63, 3.8) is 0 Å². The molecule has 1 fully saturated rings. The van der Waals surface area contributed by atoms with Crippen molar-refractivity contribution in [2.24, 2.45) is 18.4 Å². The van der Waals surface area contributed by atoms with Crippen LogP contribution in [0.15, 0.2) is 11.1 Å².